The topological polar surface area (TPSA) is 46.3 Å². The van der Waals surface area contributed by atoms with E-state index in [-0.39, 0.29) is 23.7 Å². The number of anilines is 1. The van der Waals surface area contributed by atoms with Crippen LogP contribution in [0.5, 0.6) is 0 Å². The van der Waals surface area contributed by atoms with E-state index in [4.69, 9.17) is 5.73 Å². The van der Waals surface area contributed by atoms with Gasteiger partial charge in [-0.25, -0.2) is 4.39 Å². The first-order valence-corrected chi connectivity index (χ1v) is 6.88. The zero-order valence-electron chi connectivity index (χ0n) is 11.3. The highest BCUT2D eigenvalue weighted by Gasteiger charge is 2.29. The minimum Gasteiger partial charge on any atom is -0.327 e. The molecular formula is C15H21FN2O. The molecule has 1 aromatic rings. The molecule has 0 aromatic heterocycles. The Balaban J connectivity index is 2.13. The van der Waals surface area contributed by atoms with Crippen LogP contribution in [0.4, 0.5) is 10.1 Å². The van der Waals surface area contributed by atoms with Gasteiger partial charge in [0.25, 0.3) is 0 Å². The zero-order valence-corrected chi connectivity index (χ0v) is 11.3. The van der Waals surface area contributed by atoms with Gasteiger partial charge in [-0.15, -0.1) is 0 Å². The smallest absolute Gasteiger partial charge is 0.231 e. The molecule has 0 radical (unpaired) electrons. The van der Waals surface area contributed by atoms with Crippen LogP contribution in [-0.2, 0) is 4.79 Å². The number of rotatable bonds is 2. The first kappa shape index (κ1) is 14.0. The lowest BCUT2D eigenvalue weighted by molar-refractivity contribution is -0.122. The summed E-state index contributed by atoms with van der Waals surface area (Å²) in [6.45, 7) is 0. The molecule has 1 aromatic carbocycles. The van der Waals surface area contributed by atoms with E-state index in [0.29, 0.717) is 5.69 Å². The van der Waals surface area contributed by atoms with Crippen LogP contribution < -0.4 is 10.6 Å². The number of halogens is 1. The van der Waals surface area contributed by atoms with E-state index in [1.807, 2.05) is 0 Å². The average Bonchev–Trinajstić information content (AvgIpc) is 2.62. The molecule has 4 heteroatoms. The summed E-state index contributed by atoms with van der Waals surface area (Å²) in [6.07, 6.45) is 5.00. The quantitative estimate of drug-likeness (QED) is 0.835. The monoisotopic (exact) mass is 264 g/mol. The Bertz CT molecular complexity index is 450. The van der Waals surface area contributed by atoms with Crippen molar-refractivity contribution in [2.45, 2.75) is 38.1 Å². The van der Waals surface area contributed by atoms with Crippen LogP contribution in [0, 0.1) is 11.7 Å². The van der Waals surface area contributed by atoms with Crippen LogP contribution in [0.2, 0.25) is 0 Å². The minimum atomic E-state index is -0.331. The molecule has 1 aliphatic carbocycles. The number of carbonyl (C=O) groups excluding carboxylic acids is 1. The number of hydrogen-bond donors (Lipinski definition) is 1. The van der Waals surface area contributed by atoms with E-state index >= 15 is 0 Å². The molecule has 1 saturated carbocycles. The van der Waals surface area contributed by atoms with E-state index in [1.54, 1.807) is 19.2 Å². The van der Waals surface area contributed by atoms with E-state index in [9.17, 15) is 9.18 Å². The maximum atomic E-state index is 13.2. The molecule has 0 aliphatic heterocycles. The van der Waals surface area contributed by atoms with Crippen molar-refractivity contribution in [3.05, 3.63) is 30.1 Å². The van der Waals surface area contributed by atoms with Crippen LogP contribution in [-0.4, -0.2) is 19.0 Å². The number of hydrogen-bond acceptors (Lipinski definition) is 2. The van der Waals surface area contributed by atoms with Gasteiger partial charge in [0.2, 0.25) is 5.91 Å². The Hall–Kier alpha value is -1.42. The molecule has 1 aliphatic rings. The average molecular weight is 264 g/mol. The Labute approximate surface area is 113 Å². The lowest BCUT2D eigenvalue weighted by Gasteiger charge is -2.26. The van der Waals surface area contributed by atoms with Gasteiger partial charge in [-0.05, 0) is 31.0 Å². The number of benzene rings is 1. The molecule has 1 fully saturated rings. The molecule has 0 spiro atoms. The fourth-order valence-electron chi connectivity index (χ4n) is 2.70. The summed E-state index contributed by atoms with van der Waals surface area (Å²) in [5.74, 6) is -0.474. The molecule has 0 saturated heterocycles. The molecule has 2 N–H and O–H groups in total. The number of nitrogens with zero attached hydrogens (tertiary/aromatic N) is 1. The third-order valence-corrected chi connectivity index (χ3v) is 3.91. The summed E-state index contributed by atoms with van der Waals surface area (Å²) < 4.78 is 13.2. The van der Waals surface area contributed by atoms with Gasteiger partial charge < -0.3 is 10.6 Å². The molecule has 104 valence electrons. The summed E-state index contributed by atoms with van der Waals surface area (Å²) in [7, 11) is 1.69. The molecule has 19 heavy (non-hydrogen) atoms. The Morgan fingerprint density at radius 1 is 1.32 bits per heavy atom. The fourth-order valence-corrected chi connectivity index (χ4v) is 2.70. The molecular weight excluding hydrogens is 243 g/mol. The molecule has 3 nitrogen and oxygen atoms in total. The molecule has 2 atom stereocenters. The SMILES string of the molecule is CN(C(=O)C1CCCCCC1N)c1cccc(F)c1. The van der Waals surface area contributed by atoms with Crippen molar-refractivity contribution in [3.63, 3.8) is 0 Å². The van der Waals surface area contributed by atoms with Gasteiger partial charge in [0.05, 0.1) is 5.92 Å². The van der Waals surface area contributed by atoms with Gasteiger partial charge in [0.1, 0.15) is 5.82 Å². The van der Waals surface area contributed by atoms with E-state index in [0.717, 1.165) is 32.1 Å². The van der Waals surface area contributed by atoms with Gasteiger partial charge in [-0.1, -0.05) is 25.3 Å². The van der Waals surface area contributed by atoms with Crippen molar-refractivity contribution in [3.8, 4) is 0 Å². The van der Waals surface area contributed by atoms with Gasteiger partial charge in [-0.2, -0.15) is 0 Å². The summed E-state index contributed by atoms with van der Waals surface area (Å²) in [5, 5.41) is 0. The van der Waals surface area contributed by atoms with Gasteiger partial charge >= 0.3 is 0 Å². The van der Waals surface area contributed by atoms with Crippen molar-refractivity contribution in [1.82, 2.24) is 0 Å². The fraction of sp³-hybridized carbons (Fsp3) is 0.533. The lowest BCUT2D eigenvalue weighted by Crippen LogP contribution is -2.42. The van der Waals surface area contributed by atoms with Crippen molar-refractivity contribution in [2.24, 2.45) is 11.7 Å². The van der Waals surface area contributed by atoms with Gasteiger partial charge in [-0.3, -0.25) is 4.79 Å². The molecule has 2 unspecified atom stereocenters. The first-order chi connectivity index (χ1) is 9.09. The lowest BCUT2D eigenvalue weighted by atomic mass is 9.94. The normalized spacial score (nSPS) is 23.7. The number of carbonyl (C=O) groups is 1. The van der Waals surface area contributed by atoms with Crippen molar-refractivity contribution in [2.75, 3.05) is 11.9 Å². The highest BCUT2D eigenvalue weighted by molar-refractivity contribution is 5.94. The highest BCUT2D eigenvalue weighted by atomic mass is 19.1. The van der Waals surface area contributed by atoms with E-state index in [2.05, 4.69) is 0 Å². The second-order valence-corrected chi connectivity index (χ2v) is 5.29. The Morgan fingerprint density at radius 2 is 2.05 bits per heavy atom. The van der Waals surface area contributed by atoms with Crippen LogP contribution in [0.25, 0.3) is 0 Å². The standard InChI is InChI=1S/C15H21FN2O/c1-18(12-7-5-6-11(16)10-12)15(19)13-8-3-2-4-9-14(13)17/h5-7,10,13-14H,2-4,8-9,17H2,1H3. The summed E-state index contributed by atoms with van der Waals surface area (Å²) in [4.78, 5) is 14.0. The van der Waals surface area contributed by atoms with Crippen LogP contribution in [0.15, 0.2) is 24.3 Å². The number of nitrogens with two attached hydrogens (primary N) is 1. The minimum absolute atomic E-state index is 0.000000000000000444. The maximum Gasteiger partial charge on any atom is 0.231 e. The van der Waals surface area contributed by atoms with Crippen molar-refractivity contribution < 1.29 is 9.18 Å². The van der Waals surface area contributed by atoms with Crippen LogP contribution >= 0.6 is 0 Å². The second kappa shape index (κ2) is 6.15. The largest absolute Gasteiger partial charge is 0.327 e. The summed E-state index contributed by atoms with van der Waals surface area (Å²) in [5.41, 5.74) is 6.69. The van der Waals surface area contributed by atoms with Gasteiger partial charge in [0, 0.05) is 18.8 Å². The van der Waals surface area contributed by atoms with Crippen molar-refractivity contribution in [1.29, 1.82) is 0 Å². The van der Waals surface area contributed by atoms with Crippen LogP contribution in [0.1, 0.15) is 32.1 Å². The predicted octanol–water partition coefficient (Wildman–Crippen LogP) is 2.70. The third kappa shape index (κ3) is 3.32. The van der Waals surface area contributed by atoms with Crippen molar-refractivity contribution >= 4 is 11.6 Å². The highest BCUT2D eigenvalue weighted by Crippen LogP contribution is 2.25. The van der Waals surface area contributed by atoms with E-state index < -0.39 is 0 Å². The third-order valence-electron chi connectivity index (χ3n) is 3.91. The Kier molecular flexibility index (Phi) is 4.53. The number of amides is 1. The van der Waals surface area contributed by atoms with Crippen LogP contribution in [0.3, 0.4) is 0 Å². The zero-order chi connectivity index (χ0) is 13.8. The predicted molar refractivity (Wildman–Crippen MR) is 74.4 cm³/mol. The first-order valence-electron chi connectivity index (χ1n) is 6.88. The second-order valence-electron chi connectivity index (χ2n) is 5.29. The van der Waals surface area contributed by atoms with E-state index in [1.165, 1.54) is 17.0 Å². The summed E-state index contributed by atoms with van der Waals surface area (Å²) in [6, 6.07) is 6.02. The summed E-state index contributed by atoms with van der Waals surface area (Å²) >= 11 is 0. The van der Waals surface area contributed by atoms with Gasteiger partial charge in [0.15, 0.2) is 0 Å². The molecule has 0 heterocycles. The molecule has 1 amide bonds. The maximum absolute atomic E-state index is 13.2. The molecule has 0 bridgehead atoms. The Morgan fingerprint density at radius 3 is 2.79 bits per heavy atom. The molecule has 2 rings (SSSR count).